The Morgan fingerprint density at radius 1 is 1.08 bits per heavy atom. The van der Waals surface area contributed by atoms with Crippen LogP contribution in [-0.2, 0) is 22.7 Å². The molecule has 0 bridgehead atoms. The molecule has 0 radical (unpaired) electrons. The smallest absolute Gasteiger partial charge is 0.255 e. The molecule has 4 aliphatic heterocycles. The van der Waals surface area contributed by atoms with Crippen molar-refractivity contribution in [3.8, 4) is 11.5 Å². The van der Waals surface area contributed by atoms with Gasteiger partial charge >= 0.3 is 0 Å². The largest absolute Gasteiger partial charge is 0.492 e. The SMILES string of the molecule is O=C1CCC(N2Cc3cc(OCC4CCCCN4Cc4cccc5c4NCCO5)ccc3C2=O)C(=O)N1. The number of ether oxygens (including phenoxy) is 2. The van der Waals surface area contributed by atoms with E-state index in [0.717, 1.165) is 48.8 Å². The number of para-hydroxylation sites is 1. The fraction of sp³-hybridized carbons (Fsp3) is 0.464. The van der Waals surface area contributed by atoms with Crippen molar-refractivity contribution in [2.75, 3.05) is 31.6 Å². The van der Waals surface area contributed by atoms with Crippen LogP contribution < -0.4 is 20.1 Å². The van der Waals surface area contributed by atoms with Gasteiger partial charge < -0.3 is 19.7 Å². The fourth-order valence-corrected chi connectivity index (χ4v) is 5.87. The zero-order chi connectivity index (χ0) is 25.4. The Morgan fingerprint density at radius 2 is 2.00 bits per heavy atom. The number of benzene rings is 2. The molecular weight excluding hydrogens is 472 g/mol. The summed E-state index contributed by atoms with van der Waals surface area (Å²) < 4.78 is 12.1. The molecule has 2 aromatic carbocycles. The van der Waals surface area contributed by atoms with Crippen LogP contribution in [0.4, 0.5) is 5.69 Å². The molecule has 0 saturated carbocycles. The van der Waals surface area contributed by atoms with Gasteiger partial charge in [0, 0.05) is 37.7 Å². The quantitative estimate of drug-likeness (QED) is 0.584. The lowest BCUT2D eigenvalue weighted by molar-refractivity contribution is -0.136. The summed E-state index contributed by atoms with van der Waals surface area (Å²) in [5.41, 5.74) is 3.80. The number of rotatable bonds is 6. The van der Waals surface area contributed by atoms with E-state index in [1.807, 2.05) is 18.2 Å². The van der Waals surface area contributed by atoms with Gasteiger partial charge in [-0.05, 0) is 61.2 Å². The third-order valence-corrected chi connectivity index (χ3v) is 7.83. The highest BCUT2D eigenvalue weighted by atomic mass is 16.5. The summed E-state index contributed by atoms with van der Waals surface area (Å²) in [6.45, 7) is 4.29. The average Bonchev–Trinajstić information content (AvgIpc) is 3.23. The molecule has 2 saturated heterocycles. The summed E-state index contributed by atoms with van der Waals surface area (Å²) in [6.07, 6.45) is 4.03. The van der Waals surface area contributed by atoms with Gasteiger partial charge in [-0.15, -0.1) is 0 Å². The van der Waals surface area contributed by atoms with Gasteiger partial charge in [0.05, 0.1) is 5.69 Å². The van der Waals surface area contributed by atoms with Gasteiger partial charge in [0.1, 0.15) is 30.8 Å². The highest BCUT2D eigenvalue weighted by molar-refractivity contribution is 6.05. The van der Waals surface area contributed by atoms with Crippen LogP contribution in [0.1, 0.15) is 53.6 Å². The van der Waals surface area contributed by atoms with Crippen molar-refractivity contribution in [1.82, 2.24) is 15.1 Å². The van der Waals surface area contributed by atoms with E-state index in [4.69, 9.17) is 9.47 Å². The number of likely N-dealkylation sites (tertiary alicyclic amines) is 1. The molecule has 9 nitrogen and oxygen atoms in total. The van der Waals surface area contributed by atoms with Crippen LogP contribution in [-0.4, -0.2) is 65.9 Å². The number of carbonyl (C=O) groups is 3. The molecular formula is C28H32N4O5. The van der Waals surface area contributed by atoms with Crippen LogP contribution in [0.2, 0.25) is 0 Å². The summed E-state index contributed by atoms with van der Waals surface area (Å²) in [5, 5.41) is 5.84. The summed E-state index contributed by atoms with van der Waals surface area (Å²) >= 11 is 0. The normalized spacial score (nSPS) is 23.6. The molecule has 194 valence electrons. The summed E-state index contributed by atoms with van der Waals surface area (Å²) in [6, 6.07) is 11.5. The number of piperidine rings is 2. The van der Waals surface area contributed by atoms with E-state index in [9.17, 15) is 14.4 Å². The summed E-state index contributed by atoms with van der Waals surface area (Å²) in [7, 11) is 0. The van der Waals surface area contributed by atoms with Crippen molar-refractivity contribution in [1.29, 1.82) is 0 Å². The Labute approximate surface area is 216 Å². The van der Waals surface area contributed by atoms with E-state index in [-0.39, 0.29) is 18.2 Å². The molecule has 2 aromatic rings. The van der Waals surface area contributed by atoms with Crippen molar-refractivity contribution in [2.24, 2.45) is 0 Å². The first-order valence-electron chi connectivity index (χ1n) is 13.2. The number of carbonyl (C=O) groups excluding carboxylic acids is 3. The predicted octanol–water partition coefficient (Wildman–Crippen LogP) is 2.69. The minimum Gasteiger partial charge on any atom is -0.492 e. The van der Waals surface area contributed by atoms with E-state index < -0.39 is 11.9 Å². The lowest BCUT2D eigenvalue weighted by Gasteiger charge is -2.36. The Hall–Kier alpha value is -3.59. The average molecular weight is 505 g/mol. The minimum atomic E-state index is -0.610. The maximum atomic E-state index is 13.0. The van der Waals surface area contributed by atoms with Gasteiger partial charge in [0.15, 0.2) is 0 Å². The van der Waals surface area contributed by atoms with Crippen molar-refractivity contribution in [2.45, 2.75) is 57.3 Å². The Morgan fingerprint density at radius 3 is 2.89 bits per heavy atom. The van der Waals surface area contributed by atoms with Crippen LogP contribution >= 0.6 is 0 Å². The molecule has 0 aromatic heterocycles. The monoisotopic (exact) mass is 504 g/mol. The van der Waals surface area contributed by atoms with E-state index in [2.05, 4.69) is 27.7 Å². The number of anilines is 1. The molecule has 0 spiro atoms. The van der Waals surface area contributed by atoms with Gasteiger partial charge in [0.2, 0.25) is 11.8 Å². The first-order chi connectivity index (χ1) is 18.1. The fourth-order valence-electron chi connectivity index (χ4n) is 5.87. The minimum absolute atomic E-state index is 0.168. The standard InChI is InChI=1S/C28H32N4O5/c33-25-10-9-23(27(34)30-25)32-16-19-14-21(7-8-22(19)28(32)35)37-17-20-5-1-2-12-31(20)15-18-4-3-6-24-26(18)29-11-13-36-24/h3-4,6-8,14,20,23,29H,1-2,5,9-13,15-17H2,(H,30,33,34). The number of amides is 3. The molecule has 3 amide bonds. The Bertz CT molecular complexity index is 1230. The number of nitrogens with zero attached hydrogens (tertiary/aromatic N) is 2. The highest BCUT2D eigenvalue weighted by Crippen LogP contribution is 2.34. The number of hydrogen-bond acceptors (Lipinski definition) is 7. The van der Waals surface area contributed by atoms with Crippen molar-refractivity contribution in [3.05, 3.63) is 53.1 Å². The topological polar surface area (TPSA) is 100 Å². The van der Waals surface area contributed by atoms with Gasteiger partial charge in [-0.1, -0.05) is 18.6 Å². The van der Waals surface area contributed by atoms with Crippen molar-refractivity contribution in [3.63, 3.8) is 0 Å². The van der Waals surface area contributed by atoms with Crippen LogP contribution in [0.15, 0.2) is 36.4 Å². The molecule has 9 heteroatoms. The van der Waals surface area contributed by atoms with E-state index in [1.54, 1.807) is 11.0 Å². The van der Waals surface area contributed by atoms with Crippen LogP contribution in [0, 0.1) is 0 Å². The number of hydrogen-bond donors (Lipinski definition) is 2. The van der Waals surface area contributed by atoms with Crippen molar-refractivity contribution < 1.29 is 23.9 Å². The Kier molecular flexibility index (Phi) is 6.46. The molecule has 2 fully saturated rings. The second-order valence-electron chi connectivity index (χ2n) is 10.2. The van der Waals surface area contributed by atoms with E-state index in [1.165, 1.54) is 18.4 Å². The van der Waals surface area contributed by atoms with Gasteiger partial charge in [-0.2, -0.15) is 0 Å². The van der Waals surface area contributed by atoms with Gasteiger partial charge in [0.25, 0.3) is 5.91 Å². The third kappa shape index (κ3) is 4.75. The second kappa shape index (κ2) is 10.0. The lowest BCUT2D eigenvalue weighted by atomic mass is 10.0. The number of imide groups is 1. The second-order valence-corrected chi connectivity index (χ2v) is 10.2. The number of nitrogens with one attached hydrogen (secondary N) is 2. The lowest BCUT2D eigenvalue weighted by Crippen LogP contribution is -2.52. The molecule has 2 atom stereocenters. The van der Waals surface area contributed by atoms with E-state index in [0.29, 0.717) is 37.8 Å². The molecule has 4 aliphatic rings. The third-order valence-electron chi connectivity index (χ3n) is 7.83. The van der Waals surface area contributed by atoms with Gasteiger partial charge in [-0.25, -0.2) is 0 Å². The zero-order valence-corrected chi connectivity index (χ0v) is 20.8. The maximum Gasteiger partial charge on any atom is 0.255 e. The molecule has 37 heavy (non-hydrogen) atoms. The first-order valence-corrected chi connectivity index (χ1v) is 13.2. The van der Waals surface area contributed by atoms with Crippen LogP contribution in [0.5, 0.6) is 11.5 Å². The van der Waals surface area contributed by atoms with E-state index >= 15 is 0 Å². The summed E-state index contributed by atoms with van der Waals surface area (Å²) in [5.74, 6) is 0.808. The zero-order valence-electron chi connectivity index (χ0n) is 20.8. The molecule has 6 rings (SSSR count). The molecule has 4 heterocycles. The number of fused-ring (bicyclic) bond motifs is 2. The maximum absolute atomic E-state index is 13.0. The summed E-state index contributed by atoms with van der Waals surface area (Å²) in [4.78, 5) is 40.8. The van der Waals surface area contributed by atoms with Gasteiger partial charge in [-0.3, -0.25) is 24.6 Å². The predicted molar refractivity (Wildman–Crippen MR) is 136 cm³/mol. The van der Waals surface area contributed by atoms with Crippen LogP contribution in [0.25, 0.3) is 0 Å². The van der Waals surface area contributed by atoms with Crippen molar-refractivity contribution >= 4 is 23.4 Å². The Balaban J connectivity index is 1.11. The molecule has 0 aliphatic carbocycles. The molecule has 2 unspecified atom stereocenters. The highest BCUT2D eigenvalue weighted by Gasteiger charge is 2.39. The van der Waals surface area contributed by atoms with Crippen LogP contribution in [0.3, 0.4) is 0 Å². The first kappa shape index (κ1) is 23.8. The molecule has 2 N–H and O–H groups in total.